The Kier molecular flexibility index (Phi) is 5.72. The lowest BCUT2D eigenvalue weighted by Gasteiger charge is -2.23. The molecule has 1 saturated carbocycles. The van der Waals surface area contributed by atoms with Gasteiger partial charge in [-0.1, -0.05) is 19.3 Å². The van der Waals surface area contributed by atoms with Crippen LogP contribution in [0.2, 0.25) is 0 Å². The topological polar surface area (TPSA) is 112 Å². The van der Waals surface area contributed by atoms with E-state index in [0.717, 1.165) is 16.0 Å². The highest BCUT2D eigenvalue weighted by atomic mass is 32.1. The van der Waals surface area contributed by atoms with Crippen LogP contribution in [0.1, 0.15) is 32.1 Å². The van der Waals surface area contributed by atoms with Gasteiger partial charge in [-0.05, 0) is 30.4 Å². The monoisotopic (exact) mass is 394 g/mol. The maximum atomic E-state index is 7.67. The van der Waals surface area contributed by atoms with E-state index in [1.807, 2.05) is 11.4 Å². The van der Waals surface area contributed by atoms with E-state index < -0.39 is 0 Å². The van der Waals surface area contributed by atoms with E-state index in [2.05, 4.69) is 35.9 Å². The zero-order valence-corrected chi connectivity index (χ0v) is 16.2. The maximum Gasteiger partial charge on any atom is 0.229 e. The van der Waals surface area contributed by atoms with Gasteiger partial charge in [0.05, 0.1) is 15.9 Å². The van der Waals surface area contributed by atoms with E-state index in [0.29, 0.717) is 23.5 Å². The van der Waals surface area contributed by atoms with Gasteiger partial charge in [-0.15, -0.1) is 11.3 Å². The number of anilines is 3. The summed E-state index contributed by atoms with van der Waals surface area (Å²) in [6, 6.07) is 4.20. The average Bonchev–Trinajstić information content (AvgIpc) is 3.21. The molecule has 28 heavy (non-hydrogen) atoms. The lowest BCUT2D eigenvalue weighted by molar-refractivity contribution is 0.462. The molecule has 3 aromatic heterocycles. The van der Waals surface area contributed by atoms with Gasteiger partial charge >= 0.3 is 0 Å². The van der Waals surface area contributed by atoms with Crippen LogP contribution in [0.5, 0.6) is 0 Å². The van der Waals surface area contributed by atoms with Crippen LogP contribution in [0.25, 0.3) is 10.2 Å². The minimum absolute atomic E-state index is 0.457. The molecule has 4 rings (SSSR count). The molecule has 0 bridgehead atoms. The molecular formula is C19H22N8S. The number of hydrogen-bond acceptors (Lipinski definition) is 9. The Balaban J connectivity index is 1.54. The molecule has 3 heterocycles. The number of allylic oxidation sites excluding steroid dienone is 1. The summed E-state index contributed by atoms with van der Waals surface area (Å²) < 4.78 is 1.07. The molecule has 4 N–H and O–H groups in total. The SMILES string of the molecule is N=C/C(=C\Nc1ccncn1)Nc1nc(NC2CCCCC2)c2sccc2n1. The second-order valence-electron chi connectivity index (χ2n) is 6.62. The molecule has 0 aromatic carbocycles. The van der Waals surface area contributed by atoms with Crippen LogP contribution in [0.3, 0.4) is 0 Å². The molecule has 0 aliphatic heterocycles. The molecule has 0 radical (unpaired) electrons. The first-order valence-corrected chi connectivity index (χ1v) is 10.2. The summed E-state index contributed by atoms with van der Waals surface area (Å²) in [5, 5.41) is 19.5. The van der Waals surface area contributed by atoms with E-state index in [-0.39, 0.29) is 0 Å². The zero-order chi connectivity index (χ0) is 19.2. The summed E-state index contributed by atoms with van der Waals surface area (Å²) in [4.78, 5) is 17.3. The molecule has 1 fully saturated rings. The predicted octanol–water partition coefficient (Wildman–Crippen LogP) is 4.24. The number of aromatic nitrogens is 4. The molecular weight excluding hydrogens is 372 g/mol. The first-order chi connectivity index (χ1) is 13.8. The maximum absolute atomic E-state index is 7.67. The van der Waals surface area contributed by atoms with Crippen molar-refractivity contribution in [3.05, 3.63) is 41.9 Å². The lowest BCUT2D eigenvalue weighted by Crippen LogP contribution is -2.23. The molecule has 9 heteroatoms. The third-order valence-electron chi connectivity index (χ3n) is 4.62. The number of nitrogens with zero attached hydrogens (tertiary/aromatic N) is 4. The minimum atomic E-state index is 0.457. The van der Waals surface area contributed by atoms with E-state index in [1.54, 1.807) is 29.8 Å². The van der Waals surface area contributed by atoms with E-state index in [9.17, 15) is 0 Å². The number of thiophene rings is 1. The second kappa shape index (κ2) is 8.75. The molecule has 0 spiro atoms. The van der Waals surface area contributed by atoms with Gasteiger partial charge in [0.15, 0.2) is 0 Å². The average molecular weight is 395 g/mol. The van der Waals surface area contributed by atoms with Crippen molar-refractivity contribution in [3.8, 4) is 0 Å². The van der Waals surface area contributed by atoms with Gasteiger partial charge in [-0.3, -0.25) is 0 Å². The van der Waals surface area contributed by atoms with Crippen LogP contribution in [0.4, 0.5) is 17.6 Å². The van der Waals surface area contributed by atoms with Crippen molar-refractivity contribution in [2.75, 3.05) is 16.0 Å². The fraction of sp³-hybridized carbons (Fsp3) is 0.316. The molecule has 0 unspecified atom stereocenters. The summed E-state index contributed by atoms with van der Waals surface area (Å²) in [7, 11) is 0. The molecule has 0 saturated heterocycles. The highest BCUT2D eigenvalue weighted by Gasteiger charge is 2.17. The molecule has 144 valence electrons. The number of nitrogens with one attached hydrogen (secondary N) is 4. The van der Waals surface area contributed by atoms with Crippen LogP contribution in [0, 0.1) is 5.41 Å². The standard InChI is InChI=1S/C19H22N8S/c20-10-14(11-22-16-6-8-21-12-23-16)25-19-26-15-7-9-28-17(15)18(27-19)24-13-4-2-1-3-5-13/h6-13,20H,1-5H2,(H,21,22,23)(H2,24,25,26,27)/b14-11+,20-10?. The largest absolute Gasteiger partial charge is 0.366 e. The summed E-state index contributed by atoms with van der Waals surface area (Å²) in [5.74, 6) is 1.97. The van der Waals surface area contributed by atoms with Crippen LogP contribution >= 0.6 is 11.3 Å². The van der Waals surface area contributed by atoms with Crippen molar-refractivity contribution >= 4 is 45.4 Å². The Hall–Kier alpha value is -3.07. The zero-order valence-electron chi connectivity index (χ0n) is 15.4. The molecule has 3 aromatic rings. The second-order valence-corrected chi connectivity index (χ2v) is 7.53. The highest BCUT2D eigenvalue weighted by molar-refractivity contribution is 7.17. The van der Waals surface area contributed by atoms with Gasteiger partial charge in [-0.2, -0.15) is 4.98 Å². The van der Waals surface area contributed by atoms with Crippen molar-refractivity contribution in [3.63, 3.8) is 0 Å². The Morgan fingerprint density at radius 3 is 2.86 bits per heavy atom. The summed E-state index contributed by atoms with van der Waals surface area (Å²) in [6.45, 7) is 0. The van der Waals surface area contributed by atoms with Crippen molar-refractivity contribution in [1.29, 1.82) is 5.41 Å². The first-order valence-electron chi connectivity index (χ1n) is 9.34. The van der Waals surface area contributed by atoms with Gasteiger partial charge < -0.3 is 21.4 Å². The molecule has 1 aliphatic carbocycles. The number of fused-ring (bicyclic) bond motifs is 1. The Bertz CT molecular complexity index is 962. The fourth-order valence-corrected chi connectivity index (χ4v) is 4.01. The normalized spacial score (nSPS) is 15.4. The number of hydrogen-bond donors (Lipinski definition) is 4. The van der Waals surface area contributed by atoms with Crippen LogP contribution in [-0.2, 0) is 0 Å². The van der Waals surface area contributed by atoms with Crippen LogP contribution in [-0.4, -0.2) is 32.2 Å². The molecule has 0 atom stereocenters. The summed E-state index contributed by atoms with van der Waals surface area (Å²) in [6.07, 6.45) is 12.2. The molecule has 8 nitrogen and oxygen atoms in total. The van der Waals surface area contributed by atoms with Gasteiger partial charge in [0.25, 0.3) is 0 Å². The lowest BCUT2D eigenvalue weighted by atomic mass is 9.95. The smallest absolute Gasteiger partial charge is 0.229 e. The van der Waals surface area contributed by atoms with Crippen molar-refractivity contribution in [1.82, 2.24) is 19.9 Å². The van der Waals surface area contributed by atoms with Crippen LogP contribution < -0.4 is 16.0 Å². The molecule has 0 amide bonds. The minimum Gasteiger partial charge on any atom is -0.366 e. The quantitative estimate of drug-likeness (QED) is 0.443. The van der Waals surface area contributed by atoms with E-state index in [1.165, 1.54) is 44.6 Å². The summed E-state index contributed by atoms with van der Waals surface area (Å²) in [5.41, 5.74) is 1.42. The fourth-order valence-electron chi connectivity index (χ4n) is 3.23. The highest BCUT2D eigenvalue weighted by Crippen LogP contribution is 2.30. The first kappa shape index (κ1) is 18.3. The molecule has 1 aliphatic rings. The van der Waals surface area contributed by atoms with Crippen molar-refractivity contribution in [2.45, 2.75) is 38.1 Å². The van der Waals surface area contributed by atoms with E-state index in [4.69, 9.17) is 5.41 Å². The Morgan fingerprint density at radius 2 is 2.07 bits per heavy atom. The third-order valence-corrected chi connectivity index (χ3v) is 5.53. The van der Waals surface area contributed by atoms with Gasteiger partial charge in [0, 0.05) is 24.7 Å². The van der Waals surface area contributed by atoms with Gasteiger partial charge in [0.2, 0.25) is 5.95 Å². The van der Waals surface area contributed by atoms with Gasteiger partial charge in [0.1, 0.15) is 18.0 Å². The van der Waals surface area contributed by atoms with Crippen molar-refractivity contribution in [2.24, 2.45) is 0 Å². The summed E-state index contributed by atoms with van der Waals surface area (Å²) >= 11 is 1.64. The number of rotatable bonds is 7. The Morgan fingerprint density at radius 1 is 1.18 bits per heavy atom. The van der Waals surface area contributed by atoms with E-state index >= 15 is 0 Å². The van der Waals surface area contributed by atoms with Gasteiger partial charge in [-0.25, -0.2) is 15.0 Å². The Labute approximate surface area is 167 Å². The van der Waals surface area contributed by atoms with Crippen molar-refractivity contribution < 1.29 is 0 Å². The van der Waals surface area contributed by atoms with Crippen LogP contribution in [0.15, 0.2) is 41.9 Å². The third kappa shape index (κ3) is 4.42. The predicted molar refractivity (Wildman–Crippen MR) is 114 cm³/mol.